The summed E-state index contributed by atoms with van der Waals surface area (Å²) in [5.74, 6) is -0.246. The zero-order valence-electron chi connectivity index (χ0n) is 10.9. The van der Waals surface area contributed by atoms with Crippen molar-refractivity contribution >= 4 is 0 Å². The zero-order valence-corrected chi connectivity index (χ0v) is 10.9. The maximum absolute atomic E-state index is 13.0. The highest BCUT2D eigenvalue weighted by Crippen LogP contribution is 2.19. The first-order valence-electron chi connectivity index (χ1n) is 5.97. The van der Waals surface area contributed by atoms with Crippen molar-refractivity contribution in [1.82, 2.24) is 0 Å². The summed E-state index contributed by atoms with van der Waals surface area (Å²) < 4.78 is 18.6. The third-order valence-electron chi connectivity index (χ3n) is 2.64. The molecule has 0 unspecified atom stereocenters. The van der Waals surface area contributed by atoms with E-state index in [9.17, 15) is 4.39 Å². The summed E-state index contributed by atoms with van der Waals surface area (Å²) in [6.07, 6.45) is 1.01. The van der Waals surface area contributed by atoms with Crippen molar-refractivity contribution in [3.63, 3.8) is 0 Å². The monoisotopic (exact) mass is 239 g/mol. The van der Waals surface area contributed by atoms with Crippen LogP contribution in [0.1, 0.15) is 38.3 Å². The maximum atomic E-state index is 13.0. The lowest BCUT2D eigenvalue weighted by Crippen LogP contribution is -2.10. The van der Waals surface area contributed by atoms with Gasteiger partial charge in [0.05, 0.1) is 6.61 Å². The van der Waals surface area contributed by atoms with Gasteiger partial charge in [0.25, 0.3) is 0 Å². The molecule has 17 heavy (non-hydrogen) atoms. The molecule has 0 saturated carbocycles. The van der Waals surface area contributed by atoms with Crippen molar-refractivity contribution in [2.75, 3.05) is 6.61 Å². The molecule has 0 aliphatic heterocycles. The van der Waals surface area contributed by atoms with E-state index in [1.807, 2.05) is 0 Å². The average Bonchev–Trinajstić information content (AvgIpc) is 2.24. The molecule has 0 bridgehead atoms. The molecule has 0 fully saturated rings. The van der Waals surface area contributed by atoms with E-state index in [0.29, 0.717) is 19.8 Å². The molecule has 0 saturated heterocycles. The second-order valence-corrected chi connectivity index (χ2v) is 5.48. The number of benzene rings is 1. The Morgan fingerprint density at radius 2 is 1.94 bits per heavy atom. The van der Waals surface area contributed by atoms with Crippen LogP contribution in [0.2, 0.25) is 0 Å². The van der Waals surface area contributed by atoms with Crippen molar-refractivity contribution in [2.24, 2.45) is 11.1 Å². The Hall–Kier alpha value is -0.930. The summed E-state index contributed by atoms with van der Waals surface area (Å²) in [4.78, 5) is 0. The molecule has 0 aliphatic rings. The van der Waals surface area contributed by atoms with E-state index in [-0.39, 0.29) is 11.2 Å². The first-order chi connectivity index (χ1) is 7.92. The second kappa shape index (κ2) is 6.12. The molecule has 1 aromatic carbocycles. The Balaban J connectivity index is 2.46. The van der Waals surface area contributed by atoms with Crippen LogP contribution in [0, 0.1) is 11.2 Å². The Bertz CT molecular complexity index is 358. The Morgan fingerprint density at radius 1 is 1.24 bits per heavy atom. The van der Waals surface area contributed by atoms with Crippen molar-refractivity contribution < 1.29 is 9.13 Å². The third-order valence-corrected chi connectivity index (χ3v) is 2.64. The lowest BCUT2D eigenvalue weighted by molar-refractivity contribution is 0.0957. The average molecular weight is 239 g/mol. The van der Waals surface area contributed by atoms with Crippen LogP contribution in [0.5, 0.6) is 0 Å². The number of hydrogen-bond acceptors (Lipinski definition) is 2. The van der Waals surface area contributed by atoms with Gasteiger partial charge in [0.15, 0.2) is 0 Å². The molecule has 1 aromatic rings. The summed E-state index contributed by atoms with van der Waals surface area (Å²) >= 11 is 0. The van der Waals surface area contributed by atoms with Crippen LogP contribution in [-0.4, -0.2) is 6.61 Å². The van der Waals surface area contributed by atoms with Crippen molar-refractivity contribution in [3.8, 4) is 0 Å². The topological polar surface area (TPSA) is 35.2 Å². The molecule has 0 aliphatic carbocycles. The molecule has 2 nitrogen and oxygen atoms in total. The summed E-state index contributed by atoms with van der Waals surface area (Å²) in [5, 5.41) is 0. The summed E-state index contributed by atoms with van der Waals surface area (Å²) in [7, 11) is 0. The van der Waals surface area contributed by atoms with Gasteiger partial charge >= 0.3 is 0 Å². The summed E-state index contributed by atoms with van der Waals surface area (Å²) in [6, 6.07) is 4.67. The number of nitrogens with two attached hydrogens (primary N) is 1. The highest BCUT2D eigenvalue weighted by molar-refractivity contribution is 5.27. The van der Waals surface area contributed by atoms with E-state index in [1.165, 1.54) is 12.1 Å². The predicted octanol–water partition coefficient (Wildman–Crippen LogP) is 3.24. The number of rotatable bonds is 5. The Kier molecular flexibility index (Phi) is 5.09. The fourth-order valence-electron chi connectivity index (χ4n) is 1.49. The SMILES string of the molecule is CC(C)(C)CCOCc1ccc(F)cc1CN. The predicted molar refractivity (Wildman–Crippen MR) is 68.0 cm³/mol. The van der Waals surface area contributed by atoms with Gasteiger partial charge < -0.3 is 10.5 Å². The first kappa shape index (κ1) is 14.1. The smallest absolute Gasteiger partial charge is 0.123 e. The lowest BCUT2D eigenvalue weighted by Gasteiger charge is -2.18. The number of halogens is 1. The molecule has 0 atom stereocenters. The highest BCUT2D eigenvalue weighted by atomic mass is 19.1. The fraction of sp³-hybridized carbons (Fsp3) is 0.571. The molecular formula is C14H22FNO. The van der Waals surface area contributed by atoms with E-state index in [1.54, 1.807) is 6.07 Å². The van der Waals surface area contributed by atoms with E-state index < -0.39 is 0 Å². The van der Waals surface area contributed by atoms with Gasteiger partial charge in [-0.15, -0.1) is 0 Å². The molecule has 1 rings (SSSR count). The normalized spacial score (nSPS) is 11.8. The van der Waals surface area contributed by atoms with Crippen molar-refractivity contribution in [1.29, 1.82) is 0 Å². The zero-order chi connectivity index (χ0) is 12.9. The van der Waals surface area contributed by atoms with Gasteiger partial charge in [0.2, 0.25) is 0 Å². The van der Waals surface area contributed by atoms with E-state index in [4.69, 9.17) is 10.5 Å². The quantitative estimate of drug-likeness (QED) is 0.801. The third kappa shape index (κ3) is 5.29. The van der Waals surface area contributed by atoms with E-state index in [0.717, 1.165) is 17.5 Å². The van der Waals surface area contributed by atoms with Gasteiger partial charge in [-0.05, 0) is 35.1 Å². The molecule has 0 heterocycles. The standard InChI is InChI=1S/C14H22FNO/c1-14(2,3)6-7-17-10-11-4-5-13(15)8-12(11)9-16/h4-5,8H,6-7,9-10,16H2,1-3H3. The van der Waals surface area contributed by atoms with Gasteiger partial charge in [-0.1, -0.05) is 26.8 Å². The maximum Gasteiger partial charge on any atom is 0.123 e. The first-order valence-corrected chi connectivity index (χ1v) is 5.97. The molecule has 0 radical (unpaired) electrons. The summed E-state index contributed by atoms with van der Waals surface area (Å²) in [6.45, 7) is 8.10. The number of hydrogen-bond donors (Lipinski definition) is 1. The van der Waals surface area contributed by atoms with Crippen LogP contribution in [0.25, 0.3) is 0 Å². The van der Waals surface area contributed by atoms with Gasteiger partial charge in [-0.3, -0.25) is 0 Å². The van der Waals surface area contributed by atoms with Gasteiger partial charge in [-0.25, -0.2) is 4.39 Å². The van der Waals surface area contributed by atoms with Crippen LogP contribution >= 0.6 is 0 Å². The van der Waals surface area contributed by atoms with E-state index >= 15 is 0 Å². The van der Waals surface area contributed by atoms with Crippen LogP contribution < -0.4 is 5.73 Å². The van der Waals surface area contributed by atoms with Crippen LogP contribution in [-0.2, 0) is 17.9 Å². The minimum atomic E-state index is -0.246. The molecular weight excluding hydrogens is 217 g/mol. The van der Waals surface area contributed by atoms with Crippen molar-refractivity contribution in [2.45, 2.75) is 40.3 Å². The summed E-state index contributed by atoms with van der Waals surface area (Å²) in [5.41, 5.74) is 7.64. The molecule has 96 valence electrons. The lowest BCUT2D eigenvalue weighted by atomic mass is 9.93. The Morgan fingerprint density at radius 3 is 2.53 bits per heavy atom. The van der Waals surface area contributed by atoms with Crippen LogP contribution in [0.3, 0.4) is 0 Å². The molecule has 0 spiro atoms. The second-order valence-electron chi connectivity index (χ2n) is 5.48. The molecule has 0 amide bonds. The van der Waals surface area contributed by atoms with Gasteiger partial charge in [0.1, 0.15) is 5.82 Å². The molecule has 0 aromatic heterocycles. The van der Waals surface area contributed by atoms with E-state index in [2.05, 4.69) is 20.8 Å². The van der Waals surface area contributed by atoms with Gasteiger partial charge in [-0.2, -0.15) is 0 Å². The van der Waals surface area contributed by atoms with Crippen LogP contribution in [0.15, 0.2) is 18.2 Å². The molecule has 3 heteroatoms. The molecule has 2 N–H and O–H groups in total. The minimum Gasteiger partial charge on any atom is -0.377 e. The number of ether oxygens (including phenoxy) is 1. The van der Waals surface area contributed by atoms with Crippen LogP contribution in [0.4, 0.5) is 4.39 Å². The minimum absolute atomic E-state index is 0.246. The van der Waals surface area contributed by atoms with Gasteiger partial charge in [0, 0.05) is 13.2 Å². The fourth-order valence-corrected chi connectivity index (χ4v) is 1.49. The highest BCUT2D eigenvalue weighted by Gasteiger charge is 2.10. The van der Waals surface area contributed by atoms with Crippen molar-refractivity contribution in [3.05, 3.63) is 35.1 Å². The Labute approximate surface area is 103 Å². The largest absolute Gasteiger partial charge is 0.377 e.